The van der Waals surface area contributed by atoms with Crippen LogP contribution in [0.4, 0.5) is 0 Å². The molecule has 0 aliphatic carbocycles. The summed E-state index contributed by atoms with van der Waals surface area (Å²) in [6.45, 7) is 4.44. The summed E-state index contributed by atoms with van der Waals surface area (Å²) in [5.41, 5.74) is 0.972. The number of nitrogens with zero attached hydrogens (tertiary/aromatic N) is 3. The third kappa shape index (κ3) is 3.27. The SMILES string of the molecule is CCOc1ccc(C(C)NC(=O)c2nn[nH]n2)cc1. The molecule has 1 aromatic carbocycles. The Morgan fingerprint density at radius 1 is 1.42 bits per heavy atom. The van der Waals surface area contributed by atoms with E-state index in [1.807, 2.05) is 38.1 Å². The molecule has 1 unspecified atom stereocenters. The van der Waals surface area contributed by atoms with Crippen LogP contribution in [0.3, 0.4) is 0 Å². The topological polar surface area (TPSA) is 92.8 Å². The van der Waals surface area contributed by atoms with E-state index in [1.54, 1.807) is 0 Å². The van der Waals surface area contributed by atoms with Crippen LogP contribution >= 0.6 is 0 Å². The molecule has 2 aromatic rings. The molecule has 0 aliphatic heterocycles. The van der Waals surface area contributed by atoms with Crippen LogP contribution in [0.25, 0.3) is 0 Å². The number of carbonyl (C=O) groups is 1. The first-order chi connectivity index (χ1) is 9.20. The van der Waals surface area contributed by atoms with Crippen molar-refractivity contribution in [3.05, 3.63) is 35.7 Å². The predicted octanol–water partition coefficient (Wildman–Crippen LogP) is 1.09. The maximum Gasteiger partial charge on any atom is 0.293 e. The van der Waals surface area contributed by atoms with E-state index in [0.29, 0.717) is 6.61 Å². The monoisotopic (exact) mass is 261 g/mol. The summed E-state index contributed by atoms with van der Waals surface area (Å²) in [5, 5.41) is 15.6. The number of aromatic amines is 1. The number of benzene rings is 1. The lowest BCUT2D eigenvalue weighted by molar-refractivity contribution is 0.0929. The van der Waals surface area contributed by atoms with Gasteiger partial charge in [-0.25, -0.2) is 0 Å². The van der Waals surface area contributed by atoms with Gasteiger partial charge in [0.05, 0.1) is 12.6 Å². The summed E-state index contributed by atoms with van der Waals surface area (Å²) in [6.07, 6.45) is 0. The Balaban J connectivity index is 1.99. The van der Waals surface area contributed by atoms with Crippen LogP contribution in [0, 0.1) is 0 Å². The van der Waals surface area contributed by atoms with E-state index in [4.69, 9.17) is 4.74 Å². The predicted molar refractivity (Wildman–Crippen MR) is 67.7 cm³/mol. The van der Waals surface area contributed by atoms with E-state index in [0.717, 1.165) is 11.3 Å². The lowest BCUT2D eigenvalue weighted by atomic mass is 10.1. The molecule has 0 saturated carbocycles. The minimum atomic E-state index is -0.366. The van der Waals surface area contributed by atoms with Crippen molar-refractivity contribution in [1.82, 2.24) is 25.9 Å². The van der Waals surface area contributed by atoms with E-state index in [2.05, 4.69) is 25.9 Å². The number of tetrazole rings is 1. The van der Waals surface area contributed by atoms with E-state index in [-0.39, 0.29) is 17.8 Å². The van der Waals surface area contributed by atoms with Crippen LogP contribution < -0.4 is 10.1 Å². The van der Waals surface area contributed by atoms with Gasteiger partial charge in [-0.1, -0.05) is 12.1 Å². The van der Waals surface area contributed by atoms with Gasteiger partial charge in [0, 0.05) is 0 Å². The summed E-state index contributed by atoms with van der Waals surface area (Å²) in [5.74, 6) is 0.468. The molecule has 2 rings (SSSR count). The zero-order valence-electron chi connectivity index (χ0n) is 10.8. The fraction of sp³-hybridized carbons (Fsp3) is 0.333. The highest BCUT2D eigenvalue weighted by Crippen LogP contribution is 2.17. The molecule has 2 N–H and O–H groups in total. The zero-order chi connectivity index (χ0) is 13.7. The van der Waals surface area contributed by atoms with E-state index < -0.39 is 0 Å². The molecular weight excluding hydrogens is 246 g/mol. The van der Waals surface area contributed by atoms with Crippen LogP contribution in [0.2, 0.25) is 0 Å². The van der Waals surface area contributed by atoms with Crippen LogP contribution in [0.5, 0.6) is 5.75 Å². The van der Waals surface area contributed by atoms with Crippen molar-refractivity contribution < 1.29 is 9.53 Å². The average molecular weight is 261 g/mol. The van der Waals surface area contributed by atoms with Crippen molar-refractivity contribution in [1.29, 1.82) is 0 Å². The van der Waals surface area contributed by atoms with Gasteiger partial charge in [-0.2, -0.15) is 5.21 Å². The third-order valence-corrected chi connectivity index (χ3v) is 2.59. The Morgan fingerprint density at radius 3 is 2.74 bits per heavy atom. The molecule has 1 atom stereocenters. The Morgan fingerprint density at radius 2 is 2.16 bits per heavy atom. The molecule has 0 radical (unpaired) electrons. The van der Waals surface area contributed by atoms with Gasteiger partial charge in [-0.15, -0.1) is 10.2 Å². The first-order valence-corrected chi connectivity index (χ1v) is 5.97. The number of carbonyl (C=O) groups excluding carboxylic acids is 1. The smallest absolute Gasteiger partial charge is 0.293 e. The summed E-state index contributed by atoms with van der Waals surface area (Å²) in [6, 6.07) is 7.41. The first-order valence-electron chi connectivity index (χ1n) is 5.97. The van der Waals surface area contributed by atoms with Gasteiger partial charge in [0.1, 0.15) is 5.75 Å². The van der Waals surface area contributed by atoms with E-state index in [9.17, 15) is 4.79 Å². The van der Waals surface area contributed by atoms with Gasteiger partial charge >= 0.3 is 0 Å². The van der Waals surface area contributed by atoms with Crippen molar-refractivity contribution in [2.75, 3.05) is 6.61 Å². The molecule has 0 fully saturated rings. The van der Waals surface area contributed by atoms with Gasteiger partial charge < -0.3 is 10.1 Å². The van der Waals surface area contributed by atoms with Crippen molar-refractivity contribution in [3.8, 4) is 5.75 Å². The second kappa shape index (κ2) is 5.94. The Bertz CT molecular complexity index is 524. The van der Waals surface area contributed by atoms with Crippen molar-refractivity contribution in [2.24, 2.45) is 0 Å². The highest BCUT2D eigenvalue weighted by Gasteiger charge is 2.14. The highest BCUT2D eigenvalue weighted by molar-refractivity contribution is 5.90. The van der Waals surface area contributed by atoms with Gasteiger partial charge in [0.15, 0.2) is 0 Å². The first kappa shape index (κ1) is 13.0. The number of hydrogen-bond acceptors (Lipinski definition) is 5. The molecule has 0 bridgehead atoms. The average Bonchev–Trinajstić information content (AvgIpc) is 2.94. The molecule has 1 heterocycles. The number of amides is 1. The number of aromatic nitrogens is 4. The van der Waals surface area contributed by atoms with Crippen LogP contribution in [-0.4, -0.2) is 33.1 Å². The largest absolute Gasteiger partial charge is 0.494 e. The molecule has 1 amide bonds. The minimum Gasteiger partial charge on any atom is -0.494 e. The lowest BCUT2D eigenvalue weighted by Crippen LogP contribution is -2.27. The number of H-pyrrole nitrogens is 1. The molecule has 1 aromatic heterocycles. The number of hydrogen-bond donors (Lipinski definition) is 2. The van der Waals surface area contributed by atoms with E-state index >= 15 is 0 Å². The molecule has 0 aliphatic rings. The molecule has 0 spiro atoms. The summed E-state index contributed by atoms with van der Waals surface area (Å²) in [4.78, 5) is 11.7. The van der Waals surface area contributed by atoms with Gasteiger partial charge in [0.25, 0.3) is 11.7 Å². The second-order valence-electron chi connectivity index (χ2n) is 3.93. The summed E-state index contributed by atoms with van der Waals surface area (Å²) >= 11 is 0. The molecular formula is C12H15N5O2. The van der Waals surface area contributed by atoms with E-state index in [1.165, 1.54) is 0 Å². The highest BCUT2D eigenvalue weighted by atomic mass is 16.5. The number of rotatable bonds is 5. The van der Waals surface area contributed by atoms with Crippen LogP contribution in [-0.2, 0) is 0 Å². The van der Waals surface area contributed by atoms with Gasteiger partial charge in [-0.05, 0) is 36.8 Å². The van der Waals surface area contributed by atoms with Crippen molar-refractivity contribution >= 4 is 5.91 Å². The van der Waals surface area contributed by atoms with Crippen molar-refractivity contribution in [2.45, 2.75) is 19.9 Å². The molecule has 0 saturated heterocycles. The maximum atomic E-state index is 11.7. The molecule has 100 valence electrons. The Hall–Kier alpha value is -2.44. The van der Waals surface area contributed by atoms with Crippen molar-refractivity contribution in [3.63, 3.8) is 0 Å². The molecule has 7 nitrogen and oxygen atoms in total. The Labute approximate surface area is 110 Å². The third-order valence-electron chi connectivity index (χ3n) is 2.59. The van der Waals surface area contributed by atoms with Crippen LogP contribution in [0.1, 0.15) is 36.1 Å². The van der Waals surface area contributed by atoms with Crippen LogP contribution in [0.15, 0.2) is 24.3 Å². The van der Waals surface area contributed by atoms with Gasteiger partial charge in [-0.3, -0.25) is 4.79 Å². The summed E-state index contributed by atoms with van der Waals surface area (Å²) < 4.78 is 5.36. The number of nitrogens with one attached hydrogen (secondary N) is 2. The summed E-state index contributed by atoms with van der Waals surface area (Å²) in [7, 11) is 0. The minimum absolute atomic E-state index is 0.0257. The molecule has 7 heteroatoms. The van der Waals surface area contributed by atoms with Gasteiger partial charge in [0.2, 0.25) is 0 Å². The second-order valence-corrected chi connectivity index (χ2v) is 3.93. The lowest BCUT2D eigenvalue weighted by Gasteiger charge is -2.13. The zero-order valence-corrected chi connectivity index (χ0v) is 10.8. The fourth-order valence-electron chi connectivity index (χ4n) is 1.62. The molecule has 19 heavy (non-hydrogen) atoms. The maximum absolute atomic E-state index is 11.7. The number of ether oxygens (including phenoxy) is 1. The standard InChI is InChI=1S/C12H15N5O2/c1-3-19-10-6-4-9(5-7-10)8(2)13-12(18)11-14-16-17-15-11/h4-8H,3H2,1-2H3,(H,13,18)(H,14,15,16,17). The fourth-order valence-corrected chi connectivity index (χ4v) is 1.62. The Kier molecular flexibility index (Phi) is 4.07. The quantitative estimate of drug-likeness (QED) is 0.840. The normalized spacial score (nSPS) is 11.9.